The molecule has 5 aliphatic rings. The zero-order valence-electron chi connectivity index (χ0n) is 19.8. The number of nitrogens with one attached hydrogen (secondary N) is 1. The first-order valence-electron chi connectivity index (χ1n) is 12.3. The molecule has 2 aromatic carbocycles. The van der Waals surface area contributed by atoms with E-state index in [1.807, 2.05) is 12.1 Å². The van der Waals surface area contributed by atoms with Crippen LogP contribution in [0.15, 0.2) is 42.0 Å². The Morgan fingerprint density at radius 3 is 2.19 bits per heavy atom. The van der Waals surface area contributed by atoms with Crippen LogP contribution in [-0.4, -0.2) is 27.9 Å². The number of amides is 4. The van der Waals surface area contributed by atoms with Crippen LogP contribution in [0.4, 0.5) is 16.2 Å². The molecular weight excluding hydrogens is 498 g/mol. The predicted molar refractivity (Wildman–Crippen MR) is 135 cm³/mol. The number of halogens is 1. The summed E-state index contributed by atoms with van der Waals surface area (Å²) in [6, 6.07) is 8.67. The van der Waals surface area contributed by atoms with Crippen molar-refractivity contribution >= 4 is 46.9 Å². The van der Waals surface area contributed by atoms with E-state index >= 15 is 0 Å². The molecule has 4 aliphatic carbocycles. The second-order valence-corrected chi connectivity index (χ2v) is 11.3. The van der Waals surface area contributed by atoms with Crippen molar-refractivity contribution in [1.29, 1.82) is 0 Å². The first kappa shape index (κ1) is 23.7. The highest BCUT2D eigenvalue weighted by molar-refractivity contribution is 6.39. The molecule has 9 nitrogen and oxygen atoms in total. The Morgan fingerprint density at radius 1 is 1.03 bits per heavy atom. The van der Waals surface area contributed by atoms with Gasteiger partial charge in [0, 0.05) is 16.7 Å². The lowest BCUT2D eigenvalue weighted by atomic mass is 9.48. The van der Waals surface area contributed by atoms with E-state index in [0.717, 1.165) is 34.8 Å². The van der Waals surface area contributed by atoms with Crippen LogP contribution in [0.1, 0.15) is 49.7 Å². The van der Waals surface area contributed by atoms with E-state index in [-0.39, 0.29) is 16.0 Å². The third kappa shape index (κ3) is 3.89. The van der Waals surface area contributed by atoms with Crippen molar-refractivity contribution in [3.63, 3.8) is 0 Å². The monoisotopic (exact) mass is 521 g/mol. The van der Waals surface area contributed by atoms with Crippen molar-refractivity contribution in [1.82, 2.24) is 5.32 Å². The summed E-state index contributed by atoms with van der Waals surface area (Å²) in [6.45, 7) is 0. The van der Waals surface area contributed by atoms with Gasteiger partial charge in [0.05, 0.1) is 10.6 Å². The van der Waals surface area contributed by atoms with Crippen LogP contribution in [0, 0.1) is 27.9 Å². The van der Waals surface area contributed by atoms with Gasteiger partial charge >= 0.3 is 11.7 Å². The Morgan fingerprint density at radius 2 is 1.62 bits per heavy atom. The number of benzene rings is 2. The van der Waals surface area contributed by atoms with Crippen LogP contribution < -0.4 is 10.2 Å². The number of carbonyl (C=O) groups is 3. The van der Waals surface area contributed by atoms with Crippen molar-refractivity contribution in [2.75, 3.05) is 4.90 Å². The van der Waals surface area contributed by atoms with Gasteiger partial charge in [-0.25, -0.2) is 9.69 Å². The van der Waals surface area contributed by atoms with Crippen LogP contribution in [0.2, 0.25) is 5.02 Å². The molecule has 190 valence electrons. The van der Waals surface area contributed by atoms with E-state index in [0.29, 0.717) is 5.69 Å². The summed E-state index contributed by atoms with van der Waals surface area (Å²) in [5.41, 5.74) is 0.359. The number of rotatable bonds is 4. The molecule has 7 rings (SSSR count). The summed E-state index contributed by atoms with van der Waals surface area (Å²) in [6.07, 6.45) is 8.51. The van der Waals surface area contributed by atoms with E-state index in [1.54, 1.807) is 12.1 Å². The lowest BCUT2D eigenvalue weighted by molar-refractivity contribution is -0.385. The van der Waals surface area contributed by atoms with Gasteiger partial charge in [0.25, 0.3) is 11.8 Å². The van der Waals surface area contributed by atoms with Gasteiger partial charge in [0.1, 0.15) is 5.57 Å². The summed E-state index contributed by atoms with van der Waals surface area (Å²) in [4.78, 5) is 49.8. The maximum Gasteiger partial charge on any atom is 0.335 e. The number of barbiturate groups is 1. The molecule has 4 bridgehead atoms. The zero-order valence-corrected chi connectivity index (χ0v) is 20.5. The molecule has 1 aliphatic heterocycles. The SMILES string of the molecule is O=C1NC(=O)N(c2ccc(C34CC5CC(CC(C5)C3)C4)cc2)C(=O)/C1=C/c1cc(Cl)cc([N+](=O)[O-])c1O. The molecule has 4 saturated carbocycles. The average molecular weight is 522 g/mol. The van der Waals surface area contributed by atoms with Gasteiger partial charge in [-0.05, 0) is 91.5 Å². The third-order valence-electron chi connectivity index (χ3n) is 8.46. The Balaban J connectivity index is 1.32. The van der Waals surface area contributed by atoms with Crippen LogP contribution >= 0.6 is 11.6 Å². The molecule has 5 fully saturated rings. The van der Waals surface area contributed by atoms with Crippen molar-refractivity contribution in [3.05, 3.63) is 68.2 Å². The molecule has 0 radical (unpaired) electrons. The molecule has 2 aromatic rings. The molecular formula is C27H24ClN3O6. The van der Waals surface area contributed by atoms with Crippen LogP contribution in [0.5, 0.6) is 5.75 Å². The lowest BCUT2D eigenvalue weighted by Crippen LogP contribution is -2.54. The van der Waals surface area contributed by atoms with Gasteiger partial charge in [-0.1, -0.05) is 23.7 Å². The number of anilines is 1. The molecule has 37 heavy (non-hydrogen) atoms. The Labute approximate surface area is 217 Å². The fraction of sp³-hybridized carbons (Fsp3) is 0.370. The molecule has 0 unspecified atom stereocenters. The summed E-state index contributed by atoms with van der Waals surface area (Å²) in [5.74, 6) is -0.295. The largest absolute Gasteiger partial charge is 0.502 e. The summed E-state index contributed by atoms with van der Waals surface area (Å²) >= 11 is 5.94. The molecule has 1 heterocycles. The summed E-state index contributed by atoms with van der Waals surface area (Å²) in [5, 5.41) is 23.6. The maximum absolute atomic E-state index is 13.3. The molecule has 0 atom stereocenters. The van der Waals surface area contributed by atoms with Crippen LogP contribution in [0.25, 0.3) is 6.08 Å². The number of nitro groups is 1. The highest BCUT2D eigenvalue weighted by atomic mass is 35.5. The number of nitrogens with zero attached hydrogens (tertiary/aromatic N) is 2. The van der Waals surface area contributed by atoms with Crippen molar-refractivity contribution in [3.8, 4) is 5.75 Å². The van der Waals surface area contributed by atoms with Crippen LogP contribution in [0.3, 0.4) is 0 Å². The number of carbonyl (C=O) groups excluding carboxylic acids is 3. The molecule has 1 saturated heterocycles. The highest BCUT2D eigenvalue weighted by Gasteiger charge is 2.51. The number of aromatic hydroxyl groups is 1. The molecule has 2 N–H and O–H groups in total. The maximum atomic E-state index is 13.3. The first-order chi connectivity index (χ1) is 17.6. The molecule has 4 amide bonds. The van der Waals surface area contributed by atoms with Gasteiger partial charge in [0.2, 0.25) is 5.75 Å². The van der Waals surface area contributed by atoms with E-state index < -0.39 is 39.8 Å². The Bertz CT molecular complexity index is 1360. The minimum atomic E-state index is -0.974. The van der Waals surface area contributed by atoms with Crippen molar-refractivity contribution in [2.24, 2.45) is 17.8 Å². The Kier molecular flexibility index (Phi) is 5.38. The minimum Gasteiger partial charge on any atom is -0.502 e. The van der Waals surface area contributed by atoms with E-state index in [1.165, 1.54) is 50.2 Å². The quantitative estimate of drug-likeness (QED) is 0.249. The van der Waals surface area contributed by atoms with Gasteiger partial charge in [-0.3, -0.25) is 25.0 Å². The zero-order chi connectivity index (χ0) is 26.1. The van der Waals surface area contributed by atoms with Crippen molar-refractivity contribution < 1.29 is 24.4 Å². The smallest absolute Gasteiger partial charge is 0.335 e. The average Bonchev–Trinajstić information content (AvgIpc) is 2.83. The minimum absolute atomic E-state index is 0.0618. The van der Waals surface area contributed by atoms with Gasteiger partial charge in [0.15, 0.2) is 0 Å². The number of phenols is 1. The second-order valence-electron chi connectivity index (χ2n) is 10.8. The van der Waals surface area contributed by atoms with Crippen LogP contribution in [-0.2, 0) is 15.0 Å². The molecule has 0 spiro atoms. The lowest BCUT2D eigenvalue weighted by Gasteiger charge is -2.57. The number of urea groups is 1. The highest BCUT2D eigenvalue weighted by Crippen LogP contribution is 2.60. The fourth-order valence-corrected chi connectivity index (χ4v) is 7.55. The normalized spacial score (nSPS) is 29.6. The fourth-order valence-electron chi connectivity index (χ4n) is 7.33. The van der Waals surface area contributed by atoms with Gasteiger partial charge < -0.3 is 5.11 Å². The number of imide groups is 2. The predicted octanol–water partition coefficient (Wildman–Crippen LogP) is 5.09. The molecule has 10 heteroatoms. The summed E-state index contributed by atoms with van der Waals surface area (Å²) in [7, 11) is 0. The Hall–Kier alpha value is -3.72. The first-order valence-corrected chi connectivity index (χ1v) is 12.7. The third-order valence-corrected chi connectivity index (χ3v) is 8.68. The van der Waals surface area contributed by atoms with Gasteiger partial charge in [-0.2, -0.15) is 0 Å². The van der Waals surface area contributed by atoms with E-state index in [9.17, 15) is 29.6 Å². The summed E-state index contributed by atoms with van der Waals surface area (Å²) < 4.78 is 0. The molecule has 0 aromatic heterocycles. The number of nitro benzene ring substituents is 1. The van der Waals surface area contributed by atoms with E-state index in [2.05, 4.69) is 5.32 Å². The van der Waals surface area contributed by atoms with E-state index in [4.69, 9.17) is 11.6 Å². The second kappa shape index (κ2) is 8.41. The van der Waals surface area contributed by atoms with Crippen molar-refractivity contribution in [2.45, 2.75) is 43.9 Å². The number of hydrogen-bond acceptors (Lipinski definition) is 6. The van der Waals surface area contributed by atoms with Gasteiger partial charge in [-0.15, -0.1) is 0 Å². The number of hydrogen-bond donors (Lipinski definition) is 2. The topological polar surface area (TPSA) is 130 Å². The standard InChI is InChI=1S/C27H24ClN3O6/c28-19-8-17(23(32)22(10-19)31(36)37)9-21-24(33)29-26(35)30(25(21)34)20-3-1-18(2-4-20)27-11-14-5-15(12-27)7-16(6-14)13-27/h1-4,8-10,14-16,32H,5-7,11-13H2,(H,29,33,35)/b21-9+. The number of phenolic OH excluding ortho intramolecular Hbond substituents is 1.